The molecular formula is C20H21N5O3. The minimum Gasteiger partial charge on any atom is -0.478 e. The van der Waals surface area contributed by atoms with Crippen LogP contribution in [0.2, 0.25) is 0 Å². The molecule has 1 aliphatic rings. The molecule has 0 atom stereocenters. The number of nitrogens with zero attached hydrogens (tertiary/aromatic N) is 5. The van der Waals surface area contributed by atoms with Crippen LogP contribution in [0, 0.1) is 0 Å². The van der Waals surface area contributed by atoms with Gasteiger partial charge in [0.25, 0.3) is 5.96 Å². The van der Waals surface area contributed by atoms with Crippen LogP contribution in [-0.4, -0.2) is 58.2 Å². The molecule has 1 aromatic heterocycles. The number of aromatic carboxylic acids is 1. The van der Waals surface area contributed by atoms with Gasteiger partial charge in [-0.1, -0.05) is 0 Å². The van der Waals surface area contributed by atoms with Gasteiger partial charge in [0.05, 0.1) is 29.3 Å². The molecule has 3 rings (SSSR count). The molecule has 0 bridgehead atoms. The van der Waals surface area contributed by atoms with Gasteiger partial charge in [-0.15, -0.1) is 0 Å². The molecule has 28 heavy (non-hydrogen) atoms. The number of aromatic nitrogens is 1. The molecule has 0 saturated heterocycles. The molecule has 0 radical (unpaired) electrons. The van der Waals surface area contributed by atoms with E-state index in [0.29, 0.717) is 22.8 Å². The van der Waals surface area contributed by atoms with Crippen LogP contribution in [0.4, 0.5) is 11.4 Å². The molecule has 8 heteroatoms. The van der Waals surface area contributed by atoms with Crippen LogP contribution in [-0.2, 0) is 0 Å². The minimum absolute atomic E-state index is 0.0759. The Morgan fingerprint density at radius 1 is 1.07 bits per heavy atom. The molecule has 2 N–H and O–H groups in total. The predicted octanol–water partition coefficient (Wildman–Crippen LogP) is 2.55. The van der Waals surface area contributed by atoms with Crippen molar-refractivity contribution in [1.29, 1.82) is 0 Å². The van der Waals surface area contributed by atoms with Crippen molar-refractivity contribution in [3.8, 4) is 0 Å². The molecule has 8 nitrogen and oxygen atoms in total. The van der Waals surface area contributed by atoms with E-state index >= 15 is 0 Å². The second-order valence-electron chi connectivity index (χ2n) is 6.01. The van der Waals surface area contributed by atoms with E-state index in [1.165, 1.54) is 18.3 Å². The Bertz CT molecular complexity index is 943. The first-order chi connectivity index (χ1) is 13.5. The maximum absolute atomic E-state index is 11.0. The van der Waals surface area contributed by atoms with Gasteiger partial charge in [0.2, 0.25) is 0 Å². The molecule has 144 valence electrons. The van der Waals surface area contributed by atoms with Crippen molar-refractivity contribution < 1.29 is 15.0 Å². The molecule has 0 saturated carbocycles. The summed E-state index contributed by atoms with van der Waals surface area (Å²) in [6.07, 6.45) is 1.25. The first kappa shape index (κ1) is 19.4. The highest BCUT2D eigenvalue weighted by atomic mass is 16.4. The SMILES string of the molecule is CCN(CC)c1ccc(N=C2N=C(CO)C(c3ccc(C(=O)O)cn3)=N2)cc1. The highest BCUT2D eigenvalue weighted by Gasteiger charge is 2.21. The van der Waals surface area contributed by atoms with E-state index < -0.39 is 5.97 Å². The van der Waals surface area contributed by atoms with Crippen LogP contribution < -0.4 is 4.90 Å². The standard InChI is InChI=1S/C20H21N5O3/c1-3-25(4-2)15-8-6-14(7-9-15)22-20-23-17(12-26)18(24-20)16-10-5-13(11-21-16)19(27)28/h5-11,26H,3-4,12H2,1-2H3,(H,27,28). The van der Waals surface area contributed by atoms with Gasteiger partial charge < -0.3 is 15.1 Å². The molecular weight excluding hydrogens is 358 g/mol. The normalized spacial score (nSPS) is 14.8. The second-order valence-corrected chi connectivity index (χ2v) is 6.01. The van der Waals surface area contributed by atoms with Crippen LogP contribution in [0.3, 0.4) is 0 Å². The van der Waals surface area contributed by atoms with Crippen LogP contribution in [0.1, 0.15) is 29.9 Å². The fourth-order valence-electron chi connectivity index (χ4n) is 2.83. The molecule has 0 unspecified atom stereocenters. The molecule has 0 spiro atoms. The topological polar surface area (TPSA) is 111 Å². The minimum atomic E-state index is -1.06. The zero-order valence-corrected chi connectivity index (χ0v) is 15.7. The van der Waals surface area contributed by atoms with Gasteiger partial charge in [0, 0.05) is 25.0 Å². The third kappa shape index (κ3) is 4.12. The van der Waals surface area contributed by atoms with E-state index in [0.717, 1.165) is 18.8 Å². The number of hydrogen-bond acceptors (Lipinski definition) is 5. The number of carboxylic acids is 1. The van der Waals surface area contributed by atoms with E-state index in [2.05, 4.69) is 38.7 Å². The van der Waals surface area contributed by atoms with E-state index in [4.69, 9.17) is 5.11 Å². The molecule has 0 aliphatic carbocycles. The highest BCUT2D eigenvalue weighted by Crippen LogP contribution is 2.21. The molecule has 2 heterocycles. The number of benzene rings is 1. The van der Waals surface area contributed by atoms with Gasteiger partial charge >= 0.3 is 5.97 Å². The molecule has 1 aliphatic heterocycles. The van der Waals surface area contributed by atoms with E-state index in [9.17, 15) is 9.90 Å². The van der Waals surface area contributed by atoms with Crippen LogP contribution in [0.25, 0.3) is 0 Å². The van der Waals surface area contributed by atoms with Gasteiger partial charge in [-0.25, -0.2) is 19.8 Å². The van der Waals surface area contributed by atoms with Crippen molar-refractivity contribution in [2.24, 2.45) is 15.0 Å². The quantitative estimate of drug-likeness (QED) is 0.768. The fraction of sp³-hybridized carbons (Fsp3) is 0.250. The van der Waals surface area contributed by atoms with Gasteiger partial charge in [-0.05, 0) is 50.2 Å². The summed E-state index contributed by atoms with van der Waals surface area (Å²) in [5.74, 6) is -0.836. The number of rotatable bonds is 7. The zero-order chi connectivity index (χ0) is 20.1. The number of anilines is 1. The summed E-state index contributed by atoms with van der Waals surface area (Å²) in [4.78, 5) is 30.3. The smallest absolute Gasteiger partial charge is 0.337 e. The summed E-state index contributed by atoms with van der Waals surface area (Å²) >= 11 is 0. The number of aliphatic hydroxyl groups is 1. The summed E-state index contributed by atoms with van der Waals surface area (Å²) in [5.41, 5.74) is 3.05. The van der Waals surface area contributed by atoms with E-state index in [-0.39, 0.29) is 18.1 Å². The van der Waals surface area contributed by atoms with Crippen LogP contribution in [0.15, 0.2) is 57.6 Å². The first-order valence-corrected chi connectivity index (χ1v) is 8.96. The van der Waals surface area contributed by atoms with Crippen molar-refractivity contribution in [2.75, 3.05) is 24.6 Å². The Hall–Kier alpha value is -3.39. The third-order valence-corrected chi connectivity index (χ3v) is 4.33. The molecule has 0 fully saturated rings. The fourth-order valence-corrected chi connectivity index (χ4v) is 2.83. The van der Waals surface area contributed by atoms with Gasteiger partial charge in [-0.3, -0.25) is 4.98 Å². The number of hydrogen-bond donors (Lipinski definition) is 2. The Kier molecular flexibility index (Phi) is 5.90. The number of aliphatic imine (C=N–C) groups is 3. The van der Waals surface area contributed by atoms with Crippen molar-refractivity contribution in [3.05, 3.63) is 53.9 Å². The summed E-state index contributed by atoms with van der Waals surface area (Å²) in [6.45, 7) is 5.75. The summed E-state index contributed by atoms with van der Waals surface area (Å²) in [7, 11) is 0. The number of carbonyl (C=O) groups is 1. The highest BCUT2D eigenvalue weighted by molar-refractivity contribution is 6.53. The monoisotopic (exact) mass is 379 g/mol. The third-order valence-electron chi connectivity index (χ3n) is 4.33. The Labute approximate surface area is 162 Å². The molecule has 0 amide bonds. The number of aliphatic hydroxyl groups excluding tert-OH is 1. The maximum atomic E-state index is 11.0. The molecule has 1 aromatic carbocycles. The lowest BCUT2D eigenvalue weighted by atomic mass is 10.1. The van der Waals surface area contributed by atoms with Crippen molar-refractivity contribution in [1.82, 2.24) is 4.98 Å². The Balaban J connectivity index is 1.86. The first-order valence-electron chi connectivity index (χ1n) is 8.96. The summed E-state index contributed by atoms with van der Waals surface area (Å²) < 4.78 is 0. The number of pyridine rings is 1. The maximum Gasteiger partial charge on any atom is 0.337 e. The Morgan fingerprint density at radius 3 is 2.32 bits per heavy atom. The number of carboxylic acid groups (broad SMARTS) is 1. The summed E-state index contributed by atoms with van der Waals surface area (Å²) in [6, 6.07) is 10.7. The predicted molar refractivity (Wildman–Crippen MR) is 109 cm³/mol. The lowest BCUT2D eigenvalue weighted by molar-refractivity contribution is 0.0696. The van der Waals surface area contributed by atoms with Gasteiger partial charge in [0.1, 0.15) is 5.71 Å². The lowest BCUT2D eigenvalue weighted by Gasteiger charge is -2.20. The zero-order valence-electron chi connectivity index (χ0n) is 15.7. The number of guanidine groups is 1. The average molecular weight is 379 g/mol. The van der Waals surface area contributed by atoms with Gasteiger partial charge in [-0.2, -0.15) is 0 Å². The van der Waals surface area contributed by atoms with Crippen LogP contribution >= 0.6 is 0 Å². The van der Waals surface area contributed by atoms with Crippen molar-refractivity contribution >= 4 is 34.7 Å². The van der Waals surface area contributed by atoms with Crippen LogP contribution in [0.5, 0.6) is 0 Å². The van der Waals surface area contributed by atoms with Crippen molar-refractivity contribution in [2.45, 2.75) is 13.8 Å². The largest absolute Gasteiger partial charge is 0.478 e. The van der Waals surface area contributed by atoms with E-state index in [1.54, 1.807) is 0 Å². The summed E-state index contributed by atoms with van der Waals surface area (Å²) in [5, 5.41) is 18.6. The van der Waals surface area contributed by atoms with E-state index in [1.807, 2.05) is 24.3 Å². The second kappa shape index (κ2) is 8.53. The Morgan fingerprint density at radius 2 is 1.79 bits per heavy atom. The molecule has 2 aromatic rings. The van der Waals surface area contributed by atoms with Gasteiger partial charge in [0.15, 0.2) is 0 Å². The van der Waals surface area contributed by atoms with Crippen molar-refractivity contribution in [3.63, 3.8) is 0 Å². The lowest BCUT2D eigenvalue weighted by Crippen LogP contribution is -2.21. The average Bonchev–Trinajstić information content (AvgIpc) is 3.13.